The molecule has 1 saturated heterocycles. The molecule has 0 bridgehead atoms. The maximum absolute atomic E-state index is 12.4. The summed E-state index contributed by atoms with van der Waals surface area (Å²) in [6.07, 6.45) is -0.274. The predicted octanol–water partition coefficient (Wildman–Crippen LogP) is -2.07. The topological polar surface area (TPSA) is 131 Å². The number of hydrazine groups is 1. The summed E-state index contributed by atoms with van der Waals surface area (Å²) in [5.74, 6) is -1.40. The molecular weight excluding hydrogens is 280 g/mol. The van der Waals surface area contributed by atoms with Crippen molar-refractivity contribution in [3.05, 3.63) is 0 Å². The van der Waals surface area contributed by atoms with Crippen molar-refractivity contribution in [2.45, 2.75) is 31.8 Å². The van der Waals surface area contributed by atoms with Crippen LogP contribution in [0.15, 0.2) is 0 Å². The van der Waals surface area contributed by atoms with Crippen molar-refractivity contribution in [2.24, 2.45) is 5.92 Å². The second-order valence-electron chi connectivity index (χ2n) is 5.23. The van der Waals surface area contributed by atoms with Crippen molar-refractivity contribution in [1.29, 1.82) is 0 Å². The molecule has 1 fully saturated rings. The molecule has 1 atom stereocenters. The summed E-state index contributed by atoms with van der Waals surface area (Å²) >= 11 is 0. The van der Waals surface area contributed by atoms with Gasteiger partial charge in [0.15, 0.2) is 0 Å². The fourth-order valence-corrected chi connectivity index (χ4v) is 2.19. The Hall–Kier alpha value is -1.71. The Labute approximate surface area is 122 Å². The molecule has 0 spiro atoms. The van der Waals surface area contributed by atoms with Gasteiger partial charge in [-0.1, -0.05) is 13.8 Å². The second-order valence-corrected chi connectivity index (χ2v) is 5.23. The lowest BCUT2D eigenvalue weighted by Gasteiger charge is -2.30. The monoisotopic (exact) mass is 302 g/mol. The lowest BCUT2D eigenvalue weighted by molar-refractivity contribution is -0.138. The molecule has 0 aliphatic carbocycles. The van der Waals surface area contributed by atoms with Gasteiger partial charge in [-0.3, -0.25) is 9.59 Å². The number of hydrogen-bond acceptors (Lipinski definition) is 6. The van der Waals surface area contributed by atoms with Gasteiger partial charge in [0.25, 0.3) is 5.91 Å². The maximum atomic E-state index is 12.4. The van der Waals surface area contributed by atoms with E-state index in [1.165, 1.54) is 7.05 Å². The van der Waals surface area contributed by atoms with Gasteiger partial charge in [-0.2, -0.15) is 5.01 Å². The van der Waals surface area contributed by atoms with E-state index in [1.807, 2.05) is 0 Å². The van der Waals surface area contributed by atoms with Crippen LogP contribution < -0.4 is 16.1 Å². The molecule has 120 valence electrons. The summed E-state index contributed by atoms with van der Waals surface area (Å²) in [6.45, 7) is 2.61. The van der Waals surface area contributed by atoms with Crippen LogP contribution in [0, 0.1) is 5.92 Å². The molecule has 1 heterocycles. The van der Waals surface area contributed by atoms with Gasteiger partial charge in [0.1, 0.15) is 5.54 Å². The van der Waals surface area contributed by atoms with Gasteiger partial charge in [-0.15, -0.1) is 0 Å². The highest BCUT2D eigenvalue weighted by Gasteiger charge is 2.54. The van der Waals surface area contributed by atoms with E-state index < -0.39 is 42.6 Å². The standard InChI is InChI=1S/C12H22N4O5/c1-7(2)12(4-9(19)14-8(5-17)6-18)10(20)16(13-3)11(21)15-12/h7-8,13,17-18H,4-6H2,1-3H3,(H,14,19)(H,15,21). The van der Waals surface area contributed by atoms with Gasteiger partial charge < -0.3 is 20.8 Å². The molecule has 9 nitrogen and oxygen atoms in total. The number of amides is 4. The van der Waals surface area contributed by atoms with Crippen LogP contribution in [0.2, 0.25) is 0 Å². The smallest absolute Gasteiger partial charge is 0.339 e. The first-order chi connectivity index (χ1) is 9.82. The molecule has 21 heavy (non-hydrogen) atoms. The molecule has 0 aromatic carbocycles. The van der Waals surface area contributed by atoms with E-state index in [2.05, 4.69) is 16.1 Å². The van der Waals surface area contributed by atoms with Gasteiger partial charge in [0.2, 0.25) is 5.91 Å². The van der Waals surface area contributed by atoms with Crippen LogP contribution in [0.5, 0.6) is 0 Å². The normalized spacial score (nSPS) is 22.1. The first-order valence-corrected chi connectivity index (χ1v) is 6.67. The summed E-state index contributed by atoms with van der Waals surface area (Å²) < 4.78 is 0. The van der Waals surface area contributed by atoms with Crippen molar-refractivity contribution < 1.29 is 24.6 Å². The average molecular weight is 302 g/mol. The molecule has 0 saturated carbocycles. The average Bonchev–Trinajstić information content (AvgIpc) is 2.67. The number of carbonyl (C=O) groups excluding carboxylic acids is 3. The molecule has 0 aromatic heterocycles. The molecule has 1 aliphatic heterocycles. The lowest BCUT2D eigenvalue weighted by Crippen LogP contribution is -2.56. The van der Waals surface area contributed by atoms with Crippen molar-refractivity contribution in [3.8, 4) is 0 Å². The zero-order chi connectivity index (χ0) is 16.2. The Morgan fingerprint density at radius 3 is 2.29 bits per heavy atom. The predicted molar refractivity (Wildman–Crippen MR) is 72.7 cm³/mol. The van der Waals surface area contributed by atoms with E-state index >= 15 is 0 Å². The number of aliphatic hydroxyl groups is 2. The molecule has 1 unspecified atom stereocenters. The second kappa shape index (κ2) is 6.83. The van der Waals surface area contributed by atoms with Crippen LogP contribution in [-0.4, -0.2) is 64.9 Å². The summed E-state index contributed by atoms with van der Waals surface area (Å²) in [7, 11) is 1.43. The Morgan fingerprint density at radius 2 is 1.90 bits per heavy atom. The highest BCUT2D eigenvalue weighted by Crippen LogP contribution is 2.28. The summed E-state index contributed by atoms with van der Waals surface area (Å²) in [6, 6.07) is -1.42. The quantitative estimate of drug-likeness (QED) is 0.343. The number of nitrogens with one attached hydrogen (secondary N) is 3. The van der Waals surface area contributed by atoms with E-state index in [4.69, 9.17) is 10.2 Å². The number of nitrogens with zero attached hydrogens (tertiary/aromatic N) is 1. The van der Waals surface area contributed by atoms with Crippen molar-refractivity contribution >= 4 is 17.8 Å². The zero-order valence-corrected chi connectivity index (χ0v) is 12.3. The lowest BCUT2D eigenvalue weighted by atomic mass is 9.83. The third kappa shape index (κ3) is 3.31. The summed E-state index contributed by atoms with van der Waals surface area (Å²) in [5, 5.41) is 23.7. The molecule has 0 aromatic rings. The van der Waals surface area contributed by atoms with Crippen molar-refractivity contribution in [2.75, 3.05) is 20.3 Å². The van der Waals surface area contributed by atoms with Crippen LogP contribution in [0.4, 0.5) is 4.79 Å². The fraction of sp³-hybridized carbons (Fsp3) is 0.750. The van der Waals surface area contributed by atoms with Gasteiger partial charge in [-0.25, -0.2) is 10.2 Å². The third-order valence-corrected chi connectivity index (χ3v) is 3.57. The number of rotatable bonds is 7. The minimum Gasteiger partial charge on any atom is -0.394 e. The first kappa shape index (κ1) is 17.3. The third-order valence-electron chi connectivity index (χ3n) is 3.57. The Morgan fingerprint density at radius 1 is 1.33 bits per heavy atom. The van der Waals surface area contributed by atoms with Crippen LogP contribution in [0.25, 0.3) is 0 Å². The van der Waals surface area contributed by atoms with E-state index in [0.29, 0.717) is 0 Å². The maximum Gasteiger partial charge on any atom is 0.339 e. The molecule has 1 aliphatic rings. The first-order valence-electron chi connectivity index (χ1n) is 6.67. The van der Waals surface area contributed by atoms with E-state index in [0.717, 1.165) is 5.01 Å². The zero-order valence-electron chi connectivity index (χ0n) is 12.3. The minimum atomic E-state index is -1.35. The number of aliphatic hydroxyl groups excluding tert-OH is 2. The van der Waals surface area contributed by atoms with E-state index in [-0.39, 0.29) is 12.3 Å². The number of imide groups is 1. The van der Waals surface area contributed by atoms with Crippen LogP contribution >= 0.6 is 0 Å². The van der Waals surface area contributed by atoms with Gasteiger partial charge in [0.05, 0.1) is 25.7 Å². The Bertz CT molecular complexity index is 424. The summed E-state index contributed by atoms with van der Waals surface area (Å²) in [4.78, 5) is 36.2. The highest BCUT2D eigenvalue weighted by molar-refractivity contribution is 6.08. The molecule has 1 rings (SSSR count). The van der Waals surface area contributed by atoms with Crippen molar-refractivity contribution in [3.63, 3.8) is 0 Å². The largest absolute Gasteiger partial charge is 0.394 e. The molecule has 9 heteroatoms. The van der Waals surface area contributed by atoms with Gasteiger partial charge in [0, 0.05) is 7.05 Å². The SMILES string of the molecule is CNN1C(=O)NC(CC(=O)NC(CO)CO)(C(C)C)C1=O. The molecule has 5 N–H and O–H groups in total. The number of urea groups is 1. The van der Waals surface area contributed by atoms with Crippen LogP contribution in [0.1, 0.15) is 20.3 Å². The van der Waals surface area contributed by atoms with Crippen LogP contribution in [0.3, 0.4) is 0 Å². The van der Waals surface area contributed by atoms with Crippen molar-refractivity contribution in [1.82, 2.24) is 21.1 Å². The van der Waals surface area contributed by atoms with E-state index in [9.17, 15) is 14.4 Å². The van der Waals surface area contributed by atoms with E-state index in [1.54, 1.807) is 13.8 Å². The van der Waals surface area contributed by atoms with Crippen LogP contribution in [-0.2, 0) is 9.59 Å². The van der Waals surface area contributed by atoms with Gasteiger partial charge >= 0.3 is 6.03 Å². The molecule has 4 amide bonds. The number of carbonyl (C=O) groups is 3. The fourth-order valence-electron chi connectivity index (χ4n) is 2.19. The van der Waals surface area contributed by atoms with Gasteiger partial charge in [-0.05, 0) is 5.92 Å². The highest BCUT2D eigenvalue weighted by atomic mass is 16.3. The minimum absolute atomic E-state index is 0.274. The Kier molecular flexibility index (Phi) is 5.64. The molecule has 0 radical (unpaired) electrons. The summed E-state index contributed by atoms with van der Waals surface area (Å²) in [5.41, 5.74) is 1.12. The molecular formula is C12H22N4O5. The number of hydrogen-bond donors (Lipinski definition) is 5. The Balaban J connectivity index is 2.91.